The molecule has 0 bridgehead atoms. The first-order chi connectivity index (χ1) is 17.7. The summed E-state index contributed by atoms with van der Waals surface area (Å²) in [5, 5.41) is 2.83. The third-order valence-corrected chi connectivity index (χ3v) is 12.4. The van der Waals surface area contributed by atoms with E-state index in [1.54, 1.807) is 31.7 Å². The van der Waals surface area contributed by atoms with Crippen molar-refractivity contribution >= 4 is 20.3 Å². The predicted octanol–water partition coefficient (Wildman–Crippen LogP) is 6.24. The molecule has 218 valence electrons. The average Bonchev–Trinajstić information content (AvgIpc) is 3.18. The molecule has 2 atom stereocenters. The number of alkyl carbamates (subject to hydrolysis) is 1. The third kappa shape index (κ3) is 7.62. The smallest absolute Gasteiger partial charge is 0.417 e. The lowest BCUT2D eigenvalue weighted by atomic mass is 9.81. The van der Waals surface area contributed by atoms with Crippen molar-refractivity contribution in [3.63, 3.8) is 0 Å². The van der Waals surface area contributed by atoms with Crippen molar-refractivity contribution in [2.75, 3.05) is 13.2 Å². The topological polar surface area (TPSA) is 80.8 Å². The van der Waals surface area contributed by atoms with Crippen molar-refractivity contribution in [2.45, 2.75) is 103 Å². The van der Waals surface area contributed by atoms with Crippen LogP contribution in [0.25, 0.3) is 0 Å². The molecule has 1 aromatic rings. The van der Waals surface area contributed by atoms with Crippen molar-refractivity contribution in [2.24, 2.45) is 5.41 Å². The monoisotopic (exact) mass is 569 g/mol. The van der Waals surface area contributed by atoms with Crippen LogP contribution < -0.4 is 5.32 Å². The number of pyridine rings is 1. The van der Waals surface area contributed by atoms with Crippen molar-refractivity contribution in [3.05, 3.63) is 41.2 Å². The molecule has 7 nitrogen and oxygen atoms in total. The minimum atomic E-state index is -4.51. The fraction of sp³-hybridized carbons (Fsp3) is 0.679. The molecule has 0 aromatic carbocycles. The van der Waals surface area contributed by atoms with Gasteiger partial charge < -0.3 is 19.4 Å². The molecule has 0 spiro atoms. The maximum atomic E-state index is 14.1. The third-order valence-electron chi connectivity index (χ3n) is 7.83. The molecule has 3 rings (SSSR count). The van der Waals surface area contributed by atoms with Gasteiger partial charge in [-0.15, -0.1) is 0 Å². The Kier molecular flexibility index (Phi) is 8.68. The fourth-order valence-corrected chi connectivity index (χ4v) is 5.66. The second-order valence-corrected chi connectivity index (χ2v) is 17.9. The number of rotatable bonds is 6. The Hall–Kier alpha value is -2.40. The number of fused-ring (bicyclic) bond motifs is 1. The van der Waals surface area contributed by atoms with Crippen molar-refractivity contribution in [3.8, 4) is 0 Å². The van der Waals surface area contributed by atoms with Crippen LogP contribution in [-0.4, -0.2) is 55.0 Å². The number of aromatic nitrogens is 1. The molecule has 39 heavy (non-hydrogen) atoms. The Balaban J connectivity index is 1.81. The molecule has 0 radical (unpaired) electrons. The first kappa shape index (κ1) is 31.1. The van der Waals surface area contributed by atoms with Crippen LogP contribution in [0.2, 0.25) is 18.1 Å². The highest BCUT2D eigenvalue weighted by atomic mass is 28.4. The molecule has 2 amide bonds. The van der Waals surface area contributed by atoms with Gasteiger partial charge in [-0.3, -0.25) is 9.78 Å². The van der Waals surface area contributed by atoms with Gasteiger partial charge in [0.1, 0.15) is 5.60 Å². The van der Waals surface area contributed by atoms with Crippen LogP contribution >= 0.6 is 0 Å². The van der Waals surface area contributed by atoms with Crippen LogP contribution in [0.1, 0.15) is 71.2 Å². The first-order valence-corrected chi connectivity index (χ1v) is 16.3. The maximum absolute atomic E-state index is 14.1. The van der Waals surface area contributed by atoms with Crippen LogP contribution in [0, 0.1) is 5.41 Å². The predicted molar refractivity (Wildman–Crippen MR) is 145 cm³/mol. The van der Waals surface area contributed by atoms with E-state index < -0.39 is 43.2 Å². The quantitative estimate of drug-likeness (QED) is 0.324. The zero-order chi connectivity index (χ0) is 29.4. The summed E-state index contributed by atoms with van der Waals surface area (Å²) in [7, 11) is -2.08. The largest absolute Gasteiger partial charge is 0.444 e. The Labute approximate surface area is 230 Å². The summed E-state index contributed by atoms with van der Waals surface area (Å²) in [5.74, 6) is -0.186. The van der Waals surface area contributed by atoms with Gasteiger partial charge in [-0.05, 0) is 63.4 Å². The van der Waals surface area contributed by atoms with Crippen LogP contribution in [-0.2, 0) is 33.1 Å². The summed E-state index contributed by atoms with van der Waals surface area (Å²) >= 11 is 0. The molecular formula is C28H42F3N3O4Si. The molecule has 0 saturated heterocycles. The molecule has 0 saturated carbocycles. The van der Waals surface area contributed by atoms with Gasteiger partial charge in [-0.2, -0.15) is 13.2 Å². The molecule has 2 heterocycles. The number of nitrogens with one attached hydrogen (secondary N) is 1. The number of ether oxygens (including phenoxy) is 1. The van der Waals surface area contributed by atoms with Gasteiger partial charge in [0.2, 0.25) is 5.91 Å². The standard InChI is InChI=1S/C28H42F3N3O4Si/c1-25(2,3)38-24(36)33-21-9-11-27(16-21,12-14-37-39(7,8)26(4,5)6)23(35)34-13-10-22-19(18-34)15-20(17-32-22)28(29,30)31/h9,11,15,17,21H,10,12-14,16,18H2,1-8H3,(H,33,36)/t21-,27-/m1/s1. The highest BCUT2D eigenvalue weighted by Crippen LogP contribution is 2.41. The number of carbonyl (C=O) groups is 2. The number of halogens is 3. The number of hydrogen-bond acceptors (Lipinski definition) is 5. The van der Waals surface area contributed by atoms with E-state index >= 15 is 0 Å². The van der Waals surface area contributed by atoms with Crippen LogP contribution in [0.15, 0.2) is 24.4 Å². The summed E-state index contributed by atoms with van der Waals surface area (Å²) in [5.41, 5.74) is -1.47. The van der Waals surface area contributed by atoms with E-state index in [4.69, 9.17) is 9.16 Å². The summed E-state index contributed by atoms with van der Waals surface area (Å²) in [4.78, 5) is 32.1. The summed E-state index contributed by atoms with van der Waals surface area (Å²) < 4.78 is 51.7. The van der Waals surface area contributed by atoms with Crippen LogP contribution in [0.3, 0.4) is 0 Å². The van der Waals surface area contributed by atoms with Gasteiger partial charge in [0.25, 0.3) is 0 Å². The molecule has 11 heteroatoms. The van der Waals surface area contributed by atoms with Crippen LogP contribution in [0.4, 0.5) is 18.0 Å². The second-order valence-electron chi connectivity index (χ2n) is 13.1. The van der Waals surface area contributed by atoms with Gasteiger partial charge in [0.05, 0.1) is 17.0 Å². The number of amides is 2. The normalized spacial score (nSPS) is 22.0. The van der Waals surface area contributed by atoms with E-state index in [1.807, 2.05) is 6.08 Å². The minimum Gasteiger partial charge on any atom is -0.444 e. The lowest BCUT2D eigenvalue weighted by Gasteiger charge is -2.39. The molecule has 1 N–H and O–H groups in total. The van der Waals surface area contributed by atoms with E-state index in [0.29, 0.717) is 43.7 Å². The summed E-state index contributed by atoms with van der Waals surface area (Å²) in [6.45, 7) is 16.8. The van der Waals surface area contributed by atoms with Gasteiger partial charge in [-0.25, -0.2) is 4.79 Å². The minimum absolute atomic E-state index is 0.00371. The van der Waals surface area contributed by atoms with E-state index in [9.17, 15) is 22.8 Å². The van der Waals surface area contributed by atoms with E-state index in [1.165, 1.54) is 0 Å². The SMILES string of the molecule is CC(C)(C)OC(=O)N[C@@H]1C=C[C@](CCO[Si](C)(C)C(C)(C)C)(C(=O)N2CCc3ncc(C(F)(F)F)cc3C2)C1. The van der Waals surface area contributed by atoms with Crippen molar-refractivity contribution in [1.29, 1.82) is 0 Å². The van der Waals surface area contributed by atoms with Crippen molar-refractivity contribution < 1.29 is 31.9 Å². The molecule has 0 fully saturated rings. The van der Waals surface area contributed by atoms with E-state index in [0.717, 1.165) is 12.3 Å². The molecular weight excluding hydrogens is 527 g/mol. The molecule has 1 aromatic heterocycles. The van der Waals surface area contributed by atoms with E-state index in [2.05, 4.69) is 44.2 Å². The Bertz CT molecular complexity index is 1110. The Morgan fingerprint density at radius 2 is 1.85 bits per heavy atom. The Morgan fingerprint density at radius 3 is 2.44 bits per heavy atom. The Morgan fingerprint density at radius 1 is 1.18 bits per heavy atom. The van der Waals surface area contributed by atoms with Gasteiger partial charge in [0, 0.05) is 38.0 Å². The highest BCUT2D eigenvalue weighted by molar-refractivity contribution is 6.74. The number of alkyl halides is 3. The molecule has 1 aliphatic heterocycles. The van der Waals surface area contributed by atoms with Crippen LogP contribution in [0.5, 0.6) is 0 Å². The highest BCUT2D eigenvalue weighted by Gasteiger charge is 2.46. The number of carbonyl (C=O) groups excluding carboxylic acids is 2. The lowest BCUT2D eigenvalue weighted by Crippen LogP contribution is -2.48. The summed E-state index contributed by atoms with van der Waals surface area (Å²) in [6.07, 6.45) is 0.478. The second kappa shape index (κ2) is 10.9. The van der Waals surface area contributed by atoms with E-state index in [-0.39, 0.29) is 17.5 Å². The molecule has 0 unspecified atom stereocenters. The van der Waals surface area contributed by atoms with Gasteiger partial charge in [0.15, 0.2) is 8.32 Å². The number of hydrogen-bond donors (Lipinski definition) is 1. The zero-order valence-electron chi connectivity index (χ0n) is 24.3. The molecule has 1 aliphatic carbocycles. The molecule has 2 aliphatic rings. The zero-order valence-corrected chi connectivity index (χ0v) is 25.3. The van der Waals surface area contributed by atoms with Gasteiger partial charge >= 0.3 is 12.3 Å². The average molecular weight is 570 g/mol. The maximum Gasteiger partial charge on any atom is 0.417 e. The fourth-order valence-electron chi connectivity index (χ4n) is 4.61. The lowest BCUT2D eigenvalue weighted by molar-refractivity contribution is -0.141. The summed E-state index contributed by atoms with van der Waals surface area (Å²) in [6, 6.07) is 0.666. The van der Waals surface area contributed by atoms with Gasteiger partial charge in [-0.1, -0.05) is 32.9 Å². The van der Waals surface area contributed by atoms with Crippen molar-refractivity contribution in [1.82, 2.24) is 15.2 Å². The first-order valence-electron chi connectivity index (χ1n) is 13.4. The number of nitrogens with zero attached hydrogens (tertiary/aromatic N) is 2.